The van der Waals surface area contributed by atoms with E-state index in [1.165, 1.54) is 18.4 Å². The highest BCUT2D eigenvalue weighted by atomic mass is 16.5. The number of hydrogen-bond acceptors (Lipinski definition) is 4. The largest absolute Gasteiger partial charge is 0.497 e. The fourth-order valence-corrected chi connectivity index (χ4v) is 2.60. The maximum absolute atomic E-state index is 5.47. The predicted molar refractivity (Wildman–Crippen MR) is 83.0 cm³/mol. The minimum absolute atomic E-state index is 0.328. The van der Waals surface area contributed by atoms with Crippen molar-refractivity contribution < 1.29 is 9.26 Å². The van der Waals surface area contributed by atoms with E-state index in [0.29, 0.717) is 12.0 Å². The van der Waals surface area contributed by atoms with Gasteiger partial charge in [0.1, 0.15) is 17.1 Å². The van der Waals surface area contributed by atoms with Crippen LogP contribution in [0, 0.1) is 6.92 Å². The summed E-state index contributed by atoms with van der Waals surface area (Å²) in [4.78, 5) is 0. The molecule has 1 aromatic heterocycles. The first kappa shape index (κ1) is 14.0. The van der Waals surface area contributed by atoms with Crippen LogP contribution in [0.5, 0.6) is 5.75 Å². The molecule has 0 saturated heterocycles. The van der Waals surface area contributed by atoms with Gasteiger partial charge in [-0.15, -0.1) is 0 Å². The van der Waals surface area contributed by atoms with E-state index in [9.17, 15) is 0 Å². The molecule has 1 saturated carbocycles. The van der Waals surface area contributed by atoms with Crippen molar-refractivity contribution in [2.24, 2.45) is 0 Å². The van der Waals surface area contributed by atoms with Crippen molar-refractivity contribution in [3.63, 3.8) is 0 Å². The van der Waals surface area contributed by atoms with Gasteiger partial charge in [0.25, 0.3) is 0 Å². The minimum atomic E-state index is 0.328. The van der Waals surface area contributed by atoms with E-state index >= 15 is 0 Å². The molecule has 3 rings (SSSR count). The minimum Gasteiger partial charge on any atom is -0.497 e. The zero-order valence-electron chi connectivity index (χ0n) is 12.8. The zero-order chi connectivity index (χ0) is 14.8. The monoisotopic (exact) mass is 286 g/mol. The molecule has 21 heavy (non-hydrogen) atoms. The molecule has 1 atom stereocenters. The molecule has 1 aliphatic carbocycles. The van der Waals surface area contributed by atoms with Crippen LogP contribution in [-0.2, 0) is 6.42 Å². The lowest BCUT2D eigenvalue weighted by molar-refractivity contribution is 0.381. The summed E-state index contributed by atoms with van der Waals surface area (Å²) in [5, 5.41) is 7.68. The highest BCUT2D eigenvalue weighted by molar-refractivity contribution is 5.53. The van der Waals surface area contributed by atoms with Crippen molar-refractivity contribution in [1.29, 1.82) is 0 Å². The average Bonchev–Trinajstić information content (AvgIpc) is 3.26. The Balaban J connectivity index is 1.65. The molecule has 1 fully saturated rings. The molecule has 0 aliphatic heterocycles. The first-order valence-corrected chi connectivity index (χ1v) is 7.53. The van der Waals surface area contributed by atoms with Crippen LogP contribution in [0.3, 0.4) is 0 Å². The average molecular weight is 286 g/mol. The molecule has 1 aromatic carbocycles. The lowest BCUT2D eigenvalue weighted by atomic mass is 10.1. The molecule has 0 bridgehead atoms. The quantitative estimate of drug-likeness (QED) is 0.874. The number of aromatic nitrogens is 1. The van der Waals surface area contributed by atoms with Crippen LogP contribution < -0.4 is 10.1 Å². The highest BCUT2D eigenvalue weighted by Crippen LogP contribution is 2.44. The third-order valence-corrected chi connectivity index (χ3v) is 3.93. The number of nitrogens with zero attached hydrogens (tertiary/aromatic N) is 1. The van der Waals surface area contributed by atoms with Gasteiger partial charge in [-0.3, -0.25) is 0 Å². The van der Waals surface area contributed by atoms with Crippen LogP contribution >= 0.6 is 0 Å². The first-order chi connectivity index (χ1) is 10.2. The van der Waals surface area contributed by atoms with Crippen molar-refractivity contribution in [3.8, 4) is 5.75 Å². The van der Waals surface area contributed by atoms with Gasteiger partial charge in [0.2, 0.25) is 0 Å². The second-order valence-corrected chi connectivity index (χ2v) is 5.88. The Morgan fingerprint density at radius 3 is 2.67 bits per heavy atom. The van der Waals surface area contributed by atoms with Gasteiger partial charge in [0.05, 0.1) is 7.11 Å². The highest BCUT2D eigenvalue weighted by Gasteiger charge is 2.31. The zero-order valence-corrected chi connectivity index (χ0v) is 12.8. The molecule has 0 radical (unpaired) electrons. The van der Waals surface area contributed by atoms with Gasteiger partial charge in [-0.05, 0) is 50.8 Å². The Morgan fingerprint density at radius 1 is 1.33 bits per heavy atom. The molecular weight excluding hydrogens is 264 g/mol. The summed E-state index contributed by atoms with van der Waals surface area (Å²) >= 11 is 0. The van der Waals surface area contributed by atoms with Gasteiger partial charge in [0.15, 0.2) is 5.76 Å². The van der Waals surface area contributed by atoms with E-state index in [1.807, 2.05) is 19.1 Å². The third kappa shape index (κ3) is 3.20. The standard InChI is InChI=1S/C17H22N2O2/c1-11(10-13-4-8-15(20-3)9-5-13)18-16-12(2)19-21-17(16)14-6-7-14/h4-5,8-9,11,14,18H,6-7,10H2,1-3H3/t11-/m0/s1. The molecule has 0 amide bonds. The van der Waals surface area contributed by atoms with Gasteiger partial charge >= 0.3 is 0 Å². The number of aryl methyl sites for hydroxylation is 1. The maximum atomic E-state index is 5.47. The van der Waals surface area contributed by atoms with Gasteiger partial charge in [-0.25, -0.2) is 0 Å². The summed E-state index contributed by atoms with van der Waals surface area (Å²) in [6.07, 6.45) is 3.39. The van der Waals surface area contributed by atoms with Crippen LogP contribution in [0.25, 0.3) is 0 Å². The summed E-state index contributed by atoms with van der Waals surface area (Å²) in [6, 6.07) is 8.55. The summed E-state index contributed by atoms with van der Waals surface area (Å²) in [5.41, 5.74) is 3.34. The SMILES string of the molecule is COc1ccc(C[C@H](C)Nc2c(C)noc2C2CC2)cc1. The Morgan fingerprint density at radius 2 is 2.05 bits per heavy atom. The maximum Gasteiger partial charge on any atom is 0.163 e. The number of rotatable bonds is 6. The molecular formula is C17H22N2O2. The van der Waals surface area contributed by atoms with Gasteiger partial charge in [0, 0.05) is 12.0 Å². The lowest BCUT2D eigenvalue weighted by Crippen LogP contribution is -2.19. The van der Waals surface area contributed by atoms with E-state index in [2.05, 4.69) is 29.5 Å². The molecule has 4 nitrogen and oxygen atoms in total. The molecule has 1 aliphatic rings. The number of benzene rings is 1. The second-order valence-electron chi connectivity index (χ2n) is 5.88. The smallest absolute Gasteiger partial charge is 0.163 e. The van der Waals surface area contributed by atoms with Crippen molar-refractivity contribution in [2.45, 2.75) is 45.1 Å². The molecule has 0 spiro atoms. The van der Waals surface area contributed by atoms with Gasteiger partial charge < -0.3 is 14.6 Å². The molecule has 1 heterocycles. The normalized spacial score (nSPS) is 15.8. The number of methoxy groups -OCH3 is 1. The van der Waals surface area contributed by atoms with E-state index in [4.69, 9.17) is 9.26 Å². The van der Waals surface area contributed by atoms with Gasteiger partial charge in [-0.2, -0.15) is 0 Å². The van der Waals surface area contributed by atoms with E-state index in [0.717, 1.165) is 29.3 Å². The van der Waals surface area contributed by atoms with Crippen LogP contribution in [0.15, 0.2) is 28.8 Å². The molecule has 4 heteroatoms. The fraction of sp³-hybridized carbons (Fsp3) is 0.471. The van der Waals surface area contributed by atoms with Crippen LogP contribution in [0.1, 0.15) is 42.7 Å². The second kappa shape index (κ2) is 5.80. The Bertz CT molecular complexity index is 600. The van der Waals surface area contributed by atoms with E-state index < -0.39 is 0 Å². The Kier molecular flexibility index (Phi) is 3.86. The van der Waals surface area contributed by atoms with E-state index in [1.54, 1.807) is 7.11 Å². The first-order valence-electron chi connectivity index (χ1n) is 7.53. The van der Waals surface area contributed by atoms with E-state index in [-0.39, 0.29) is 0 Å². The number of anilines is 1. The van der Waals surface area contributed by atoms with Crippen molar-refractivity contribution in [3.05, 3.63) is 41.3 Å². The van der Waals surface area contributed by atoms with Crippen LogP contribution in [0.2, 0.25) is 0 Å². The Hall–Kier alpha value is -1.97. The summed E-state index contributed by atoms with van der Waals surface area (Å²) in [7, 11) is 1.69. The van der Waals surface area contributed by atoms with Gasteiger partial charge in [-0.1, -0.05) is 17.3 Å². The molecule has 2 aromatic rings. The lowest BCUT2D eigenvalue weighted by Gasteiger charge is -2.15. The van der Waals surface area contributed by atoms with Crippen LogP contribution in [-0.4, -0.2) is 18.3 Å². The molecule has 0 unspecified atom stereocenters. The number of nitrogens with one attached hydrogen (secondary N) is 1. The molecule has 1 N–H and O–H groups in total. The summed E-state index contributed by atoms with van der Waals surface area (Å²) in [5.74, 6) is 2.50. The number of ether oxygens (including phenoxy) is 1. The predicted octanol–water partition coefficient (Wildman–Crippen LogP) is 3.91. The van der Waals surface area contributed by atoms with Crippen molar-refractivity contribution in [2.75, 3.05) is 12.4 Å². The summed E-state index contributed by atoms with van der Waals surface area (Å²) < 4.78 is 10.7. The topological polar surface area (TPSA) is 47.3 Å². The Labute approximate surface area is 125 Å². The summed E-state index contributed by atoms with van der Waals surface area (Å²) in [6.45, 7) is 4.19. The van der Waals surface area contributed by atoms with Crippen molar-refractivity contribution in [1.82, 2.24) is 5.16 Å². The van der Waals surface area contributed by atoms with Crippen LogP contribution in [0.4, 0.5) is 5.69 Å². The molecule has 112 valence electrons. The number of hydrogen-bond donors (Lipinski definition) is 1. The van der Waals surface area contributed by atoms with Crippen molar-refractivity contribution >= 4 is 5.69 Å². The fourth-order valence-electron chi connectivity index (χ4n) is 2.60. The third-order valence-electron chi connectivity index (χ3n) is 3.93.